The number of carbonyl (C=O) groups is 1. The molecule has 0 aliphatic carbocycles. The monoisotopic (exact) mass is 257 g/mol. The van der Waals surface area contributed by atoms with Crippen molar-refractivity contribution in [3.8, 4) is 0 Å². The van der Waals surface area contributed by atoms with Crippen LogP contribution in [-0.4, -0.2) is 23.6 Å². The number of rotatable bonds is 4. The van der Waals surface area contributed by atoms with Gasteiger partial charge in [0.05, 0.1) is 6.04 Å². The lowest BCUT2D eigenvalue weighted by Crippen LogP contribution is -2.29. The van der Waals surface area contributed by atoms with E-state index in [1.165, 1.54) is 0 Å². The van der Waals surface area contributed by atoms with Gasteiger partial charge in [-0.2, -0.15) is 12.6 Å². The van der Waals surface area contributed by atoms with Gasteiger partial charge >= 0.3 is 0 Å². The maximum absolute atomic E-state index is 11.7. The molecule has 0 heterocycles. The number of nitrogens with zero attached hydrogens (tertiary/aromatic N) is 1. The predicted molar refractivity (Wildman–Crippen MR) is 71.1 cm³/mol. The zero-order valence-electron chi connectivity index (χ0n) is 9.48. The zero-order chi connectivity index (χ0) is 12.1. The van der Waals surface area contributed by atoms with Crippen molar-refractivity contribution in [3.05, 3.63) is 34.9 Å². The van der Waals surface area contributed by atoms with Crippen LogP contribution in [0.15, 0.2) is 24.3 Å². The van der Waals surface area contributed by atoms with E-state index in [0.29, 0.717) is 17.2 Å². The summed E-state index contributed by atoms with van der Waals surface area (Å²) in [5.41, 5.74) is 0.971. The third kappa shape index (κ3) is 3.16. The first-order valence-corrected chi connectivity index (χ1v) is 6.20. The van der Waals surface area contributed by atoms with Crippen molar-refractivity contribution < 1.29 is 4.79 Å². The van der Waals surface area contributed by atoms with E-state index in [0.717, 1.165) is 5.56 Å². The Kier molecular flexibility index (Phi) is 5.16. The lowest BCUT2D eigenvalue weighted by atomic mass is 10.1. The molecule has 0 saturated carbocycles. The van der Waals surface area contributed by atoms with Crippen LogP contribution in [0, 0.1) is 0 Å². The van der Waals surface area contributed by atoms with Gasteiger partial charge in [-0.15, -0.1) is 0 Å². The molecule has 1 unspecified atom stereocenters. The SMILES string of the molecule is CC(c1ccccc1Cl)N(C)C(=O)CCS. The quantitative estimate of drug-likeness (QED) is 0.822. The average Bonchev–Trinajstić information content (AvgIpc) is 2.28. The van der Waals surface area contributed by atoms with Crippen LogP contribution in [0.25, 0.3) is 0 Å². The lowest BCUT2D eigenvalue weighted by molar-refractivity contribution is -0.131. The second-order valence-corrected chi connectivity index (χ2v) is 4.53. The van der Waals surface area contributed by atoms with Gasteiger partial charge in [-0.05, 0) is 24.3 Å². The fraction of sp³-hybridized carbons (Fsp3) is 0.417. The fourth-order valence-corrected chi connectivity index (χ4v) is 2.00. The number of benzene rings is 1. The van der Waals surface area contributed by atoms with Crippen LogP contribution in [0.2, 0.25) is 5.02 Å². The largest absolute Gasteiger partial charge is 0.339 e. The summed E-state index contributed by atoms with van der Waals surface area (Å²) in [6.07, 6.45) is 0.453. The van der Waals surface area contributed by atoms with Crippen LogP contribution in [0.4, 0.5) is 0 Å². The van der Waals surface area contributed by atoms with Gasteiger partial charge in [-0.1, -0.05) is 29.8 Å². The van der Waals surface area contributed by atoms with E-state index >= 15 is 0 Å². The van der Waals surface area contributed by atoms with Crippen molar-refractivity contribution in [1.82, 2.24) is 4.90 Å². The summed E-state index contributed by atoms with van der Waals surface area (Å²) >= 11 is 10.1. The standard InChI is InChI=1S/C12H16ClNOS/c1-9(14(2)12(15)7-8-16)10-5-3-4-6-11(10)13/h3-6,9,16H,7-8H2,1-2H3. The van der Waals surface area contributed by atoms with Gasteiger partial charge < -0.3 is 4.90 Å². The van der Waals surface area contributed by atoms with E-state index in [4.69, 9.17) is 11.6 Å². The molecule has 4 heteroatoms. The number of hydrogen-bond acceptors (Lipinski definition) is 2. The minimum absolute atomic E-state index is 0.0129. The van der Waals surface area contributed by atoms with Gasteiger partial charge in [0.1, 0.15) is 0 Å². The molecule has 0 aliphatic heterocycles. The van der Waals surface area contributed by atoms with Gasteiger partial charge in [-0.25, -0.2) is 0 Å². The summed E-state index contributed by atoms with van der Waals surface area (Å²) < 4.78 is 0. The molecular weight excluding hydrogens is 242 g/mol. The molecule has 0 bridgehead atoms. The molecule has 88 valence electrons. The number of hydrogen-bond donors (Lipinski definition) is 1. The first-order valence-electron chi connectivity index (χ1n) is 5.19. The normalized spacial score (nSPS) is 12.2. The number of halogens is 1. The summed E-state index contributed by atoms with van der Waals surface area (Å²) in [5, 5.41) is 0.695. The third-order valence-electron chi connectivity index (χ3n) is 2.66. The Morgan fingerprint density at radius 3 is 2.69 bits per heavy atom. The Labute approximate surface area is 107 Å². The van der Waals surface area contributed by atoms with Crippen LogP contribution in [0.1, 0.15) is 24.9 Å². The van der Waals surface area contributed by atoms with Gasteiger partial charge in [0.25, 0.3) is 0 Å². The molecule has 0 aliphatic rings. The maximum Gasteiger partial charge on any atom is 0.223 e. The third-order valence-corrected chi connectivity index (χ3v) is 3.22. The molecule has 1 aromatic carbocycles. The van der Waals surface area contributed by atoms with E-state index in [1.54, 1.807) is 11.9 Å². The highest BCUT2D eigenvalue weighted by Crippen LogP contribution is 2.26. The average molecular weight is 258 g/mol. The van der Waals surface area contributed by atoms with E-state index in [-0.39, 0.29) is 11.9 Å². The van der Waals surface area contributed by atoms with Gasteiger partial charge in [0.2, 0.25) is 5.91 Å². The van der Waals surface area contributed by atoms with Crippen molar-refractivity contribution in [2.45, 2.75) is 19.4 Å². The highest BCUT2D eigenvalue weighted by molar-refractivity contribution is 7.80. The molecule has 1 atom stereocenters. The number of thiol groups is 1. The smallest absolute Gasteiger partial charge is 0.223 e. The molecule has 0 N–H and O–H groups in total. The molecule has 1 amide bonds. The molecule has 16 heavy (non-hydrogen) atoms. The first kappa shape index (κ1) is 13.4. The van der Waals surface area contributed by atoms with Gasteiger partial charge in [0.15, 0.2) is 0 Å². The zero-order valence-corrected chi connectivity index (χ0v) is 11.1. The van der Waals surface area contributed by atoms with Crippen LogP contribution in [0.3, 0.4) is 0 Å². The Hall–Kier alpha value is -0.670. The molecule has 1 aromatic rings. The Balaban J connectivity index is 2.82. The number of carbonyl (C=O) groups excluding carboxylic acids is 1. The first-order chi connectivity index (χ1) is 7.57. The van der Waals surface area contributed by atoms with E-state index in [9.17, 15) is 4.79 Å². The second-order valence-electron chi connectivity index (χ2n) is 3.68. The molecule has 0 radical (unpaired) electrons. The summed E-state index contributed by atoms with van der Waals surface area (Å²) in [6.45, 7) is 1.97. The van der Waals surface area contributed by atoms with E-state index in [1.807, 2.05) is 31.2 Å². The molecular formula is C12H16ClNOS. The summed E-state index contributed by atoms with van der Waals surface area (Å²) in [6, 6.07) is 7.57. The molecule has 1 rings (SSSR count). The van der Waals surface area contributed by atoms with Crippen LogP contribution in [-0.2, 0) is 4.79 Å². The Morgan fingerprint density at radius 2 is 2.12 bits per heavy atom. The molecule has 0 fully saturated rings. The Morgan fingerprint density at radius 1 is 1.50 bits per heavy atom. The predicted octanol–water partition coefficient (Wildman–Crippen LogP) is 3.18. The molecule has 0 spiro atoms. The van der Waals surface area contributed by atoms with Crippen molar-refractivity contribution in [2.24, 2.45) is 0 Å². The van der Waals surface area contributed by atoms with Gasteiger partial charge in [-0.3, -0.25) is 4.79 Å². The van der Waals surface area contributed by atoms with E-state index < -0.39 is 0 Å². The highest BCUT2D eigenvalue weighted by atomic mass is 35.5. The van der Waals surface area contributed by atoms with Crippen molar-refractivity contribution >= 4 is 30.1 Å². The number of amides is 1. The van der Waals surface area contributed by atoms with E-state index in [2.05, 4.69) is 12.6 Å². The van der Waals surface area contributed by atoms with Crippen molar-refractivity contribution in [2.75, 3.05) is 12.8 Å². The van der Waals surface area contributed by atoms with Gasteiger partial charge in [0, 0.05) is 18.5 Å². The summed E-state index contributed by atoms with van der Waals surface area (Å²) in [7, 11) is 1.79. The topological polar surface area (TPSA) is 20.3 Å². The summed E-state index contributed by atoms with van der Waals surface area (Å²) in [5.74, 6) is 0.653. The van der Waals surface area contributed by atoms with Crippen LogP contribution < -0.4 is 0 Å². The summed E-state index contributed by atoms with van der Waals surface area (Å²) in [4.78, 5) is 13.4. The Bertz CT molecular complexity index is 370. The molecule has 2 nitrogen and oxygen atoms in total. The highest BCUT2D eigenvalue weighted by Gasteiger charge is 2.18. The van der Waals surface area contributed by atoms with Crippen molar-refractivity contribution in [3.63, 3.8) is 0 Å². The van der Waals surface area contributed by atoms with Crippen molar-refractivity contribution in [1.29, 1.82) is 0 Å². The van der Waals surface area contributed by atoms with Crippen LogP contribution in [0.5, 0.6) is 0 Å². The molecule has 0 saturated heterocycles. The lowest BCUT2D eigenvalue weighted by Gasteiger charge is -2.26. The fourth-order valence-electron chi connectivity index (χ4n) is 1.51. The minimum atomic E-state index is -0.0129. The maximum atomic E-state index is 11.7. The second kappa shape index (κ2) is 6.16. The van der Waals surface area contributed by atoms with Crippen LogP contribution >= 0.6 is 24.2 Å². The minimum Gasteiger partial charge on any atom is -0.339 e. The molecule has 0 aromatic heterocycles.